The van der Waals surface area contributed by atoms with Crippen molar-refractivity contribution in [3.63, 3.8) is 0 Å². The number of carbonyl (C=O) groups is 1. The SMILES string of the molecule is CS(=O)(=O)OC[C@@]12[C@@H]3[C@@H]4C(=O)C=C[C@@H]4[C@@H]4[C@@H]3[C@@H]3[C@@H]5[C@@H]6[C@@H](CC[C@H]6[C@@]1(O)[C@@H]54)[C@@H]32. The molecule has 9 rings (SSSR count). The van der Waals surface area contributed by atoms with Crippen LogP contribution in [0, 0.1) is 76.4 Å². The molecule has 8 fully saturated rings. The van der Waals surface area contributed by atoms with Crippen molar-refractivity contribution in [1.29, 1.82) is 0 Å². The van der Waals surface area contributed by atoms with E-state index in [1.165, 1.54) is 6.42 Å². The molecule has 0 amide bonds. The molecule has 0 aromatic heterocycles. The van der Waals surface area contributed by atoms with Crippen LogP contribution in [0.2, 0.25) is 0 Å². The summed E-state index contributed by atoms with van der Waals surface area (Å²) in [6.45, 7) is 0.0941. The summed E-state index contributed by atoms with van der Waals surface area (Å²) in [6, 6.07) is 0. The van der Waals surface area contributed by atoms with Gasteiger partial charge in [-0.1, -0.05) is 6.08 Å². The van der Waals surface area contributed by atoms with Crippen molar-refractivity contribution in [2.45, 2.75) is 18.4 Å². The zero-order valence-electron chi connectivity index (χ0n) is 15.2. The Labute approximate surface area is 158 Å². The Morgan fingerprint density at radius 3 is 2.63 bits per heavy atom. The normalized spacial score (nSPS) is 69.6. The molecule has 6 heteroatoms. The molecular formula is C21H24O5S. The molecule has 5 nitrogen and oxygen atoms in total. The van der Waals surface area contributed by atoms with Gasteiger partial charge in [-0.05, 0) is 84.0 Å². The maximum absolute atomic E-state index is 12.9. The molecule has 9 aliphatic carbocycles. The monoisotopic (exact) mass is 388 g/mol. The molecule has 0 aliphatic heterocycles. The first-order valence-electron chi connectivity index (χ1n) is 10.6. The zero-order valence-corrected chi connectivity index (χ0v) is 16.0. The smallest absolute Gasteiger partial charge is 0.264 e. The quantitative estimate of drug-likeness (QED) is 0.732. The van der Waals surface area contributed by atoms with E-state index in [1.807, 2.05) is 0 Å². The van der Waals surface area contributed by atoms with Gasteiger partial charge in [0.25, 0.3) is 10.1 Å². The van der Waals surface area contributed by atoms with Crippen LogP contribution in [0.15, 0.2) is 12.2 Å². The number of carbonyl (C=O) groups excluding carboxylic acids is 1. The molecule has 0 radical (unpaired) electrons. The number of hydrogen-bond acceptors (Lipinski definition) is 5. The fourth-order valence-electron chi connectivity index (χ4n) is 11.8. The van der Waals surface area contributed by atoms with Gasteiger partial charge in [-0.15, -0.1) is 0 Å². The summed E-state index contributed by atoms with van der Waals surface area (Å²) in [6.07, 6.45) is 7.26. The van der Waals surface area contributed by atoms with Crippen molar-refractivity contribution in [2.24, 2.45) is 76.4 Å². The van der Waals surface area contributed by atoms with E-state index in [2.05, 4.69) is 6.08 Å². The maximum atomic E-state index is 12.9. The van der Waals surface area contributed by atoms with Crippen molar-refractivity contribution in [3.05, 3.63) is 12.2 Å². The molecule has 0 spiro atoms. The minimum Gasteiger partial charge on any atom is -0.389 e. The summed E-state index contributed by atoms with van der Waals surface area (Å²) in [7, 11) is -3.59. The van der Waals surface area contributed by atoms with Crippen LogP contribution in [-0.2, 0) is 19.1 Å². The van der Waals surface area contributed by atoms with E-state index in [9.17, 15) is 18.3 Å². The number of fused-ring (bicyclic) bond motifs is 1. The molecule has 0 heterocycles. The second-order valence-corrected chi connectivity index (χ2v) is 12.7. The lowest BCUT2D eigenvalue weighted by Gasteiger charge is -2.60. The van der Waals surface area contributed by atoms with Crippen molar-refractivity contribution >= 4 is 15.9 Å². The molecule has 9 bridgehead atoms. The van der Waals surface area contributed by atoms with Crippen molar-refractivity contribution in [3.8, 4) is 0 Å². The van der Waals surface area contributed by atoms with Gasteiger partial charge in [-0.2, -0.15) is 8.42 Å². The lowest BCUT2D eigenvalue weighted by Crippen LogP contribution is -2.67. The van der Waals surface area contributed by atoms with Crippen molar-refractivity contribution < 1.29 is 22.5 Å². The Bertz CT molecular complexity index is 971. The molecule has 8 saturated carbocycles. The number of hydrogen-bond donors (Lipinski definition) is 1. The van der Waals surface area contributed by atoms with Crippen LogP contribution in [0.1, 0.15) is 12.8 Å². The highest BCUT2D eigenvalue weighted by atomic mass is 32.2. The van der Waals surface area contributed by atoms with Crippen LogP contribution in [0.3, 0.4) is 0 Å². The van der Waals surface area contributed by atoms with Crippen LogP contribution in [0.5, 0.6) is 0 Å². The predicted octanol–water partition coefficient (Wildman–Crippen LogP) is 1.09. The van der Waals surface area contributed by atoms with Gasteiger partial charge in [0.05, 0.1) is 18.5 Å². The van der Waals surface area contributed by atoms with E-state index >= 15 is 0 Å². The van der Waals surface area contributed by atoms with Crippen molar-refractivity contribution in [1.82, 2.24) is 0 Å². The Kier molecular flexibility index (Phi) is 2.16. The van der Waals surface area contributed by atoms with Gasteiger partial charge in [0, 0.05) is 11.3 Å². The third kappa shape index (κ3) is 1.15. The molecule has 14 atom stereocenters. The van der Waals surface area contributed by atoms with Gasteiger partial charge in [0.15, 0.2) is 5.78 Å². The molecule has 27 heavy (non-hydrogen) atoms. The lowest BCUT2D eigenvalue weighted by molar-refractivity contribution is -0.236. The Hall–Kier alpha value is -0.720. The van der Waals surface area contributed by atoms with Crippen LogP contribution in [-0.4, -0.2) is 37.8 Å². The summed E-state index contributed by atoms with van der Waals surface area (Å²) in [4.78, 5) is 12.9. The third-order valence-corrected chi connectivity index (χ3v) is 11.8. The highest BCUT2D eigenvalue weighted by Crippen LogP contribution is 2.95. The minimum absolute atomic E-state index is 0.0396. The summed E-state index contributed by atoms with van der Waals surface area (Å²) >= 11 is 0. The third-order valence-electron chi connectivity index (χ3n) is 11.2. The van der Waals surface area contributed by atoms with E-state index in [0.717, 1.165) is 12.7 Å². The van der Waals surface area contributed by atoms with Gasteiger partial charge in [0.2, 0.25) is 0 Å². The number of ketones is 1. The lowest BCUT2D eigenvalue weighted by atomic mass is 9.47. The Morgan fingerprint density at radius 2 is 1.85 bits per heavy atom. The standard InChI is InChI=1S/C21H24O5S/c1-27(24,25)26-6-20-17-8-2-4-9-11(8)14-16(17)15-13(19(14)21(9,20)23)7-3-5-10(22)12(7)18(15)20/h3,5,7-9,11-19,23H,2,4,6H2,1H3/t7-,8+,9+,11+,12-,13+,14-,15+,16-,17-,18+,19+,20+,21+/m0/s1. The average Bonchev–Trinajstić information content (AvgIpc) is 3.34. The van der Waals surface area contributed by atoms with Crippen LogP contribution in [0.25, 0.3) is 0 Å². The number of allylic oxidation sites excluding steroid dienone is 2. The molecular weight excluding hydrogens is 364 g/mol. The summed E-state index contributed by atoms with van der Waals surface area (Å²) in [5.74, 6) is 4.90. The number of aliphatic hydroxyl groups is 1. The molecule has 9 aliphatic rings. The van der Waals surface area contributed by atoms with E-state index in [-0.39, 0.29) is 36.1 Å². The first kappa shape index (κ1) is 15.2. The Balaban J connectivity index is 1.42. The van der Waals surface area contributed by atoms with Gasteiger partial charge in [-0.3, -0.25) is 8.98 Å². The van der Waals surface area contributed by atoms with E-state index in [1.54, 1.807) is 6.08 Å². The topological polar surface area (TPSA) is 80.7 Å². The second kappa shape index (κ2) is 3.84. The average molecular weight is 388 g/mol. The van der Waals surface area contributed by atoms with Gasteiger partial charge >= 0.3 is 0 Å². The first-order valence-corrected chi connectivity index (χ1v) is 12.4. The summed E-state index contributed by atoms with van der Waals surface area (Å²) in [5.41, 5.74) is -1.34. The molecule has 0 aromatic rings. The van der Waals surface area contributed by atoms with Crippen LogP contribution < -0.4 is 0 Å². The zero-order chi connectivity index (χ0) is 18.2. The van der Waals surface area contributed by atoms with Crippen LogP contribution in [0.4, 0.5) is 0 Å². The summed E-state index contributed by atoms with van der Waals surface area (Å²) in [5, 5.41) is 12.5. The molecule has 0 aromatic carbocycles. The largest absolute Gasteiger partial charge is 0.389 e. The number of rotatable bonds is 3. The predicted molar refractivity (Wildman–Crippen MR) is 93.4 cm³/mol. The Morgan fingerprint density at radius 1 is 1.11 bits per heavy atom. The van der Waals surface area contributed by atoms with Gasteiger partial charge in [-0.25, -0.2) is 0 Å². The fraction of sp³-hybridized carbons (Fsp3) is 0.857. The molecule has 1 N–H and O–H groups in total. The first-order chi connectivity index (χ1) is 12.8. The summed E-state index contributed by atoms with van der Waals surface area (Å²) < 4.78 is 29.4. The fourth-order valence-corrected chi connectivity index (χ4v) is 12.2. The van der Waals surface area contributed by atoms with Crippen LogP contribution >= 0.6 is 0 Å². The van der Waals surface area contributed by atoms with Gasteiger partial charge < -0.3 is 5.11 Å². The molecule has 0 unspecified atom stereocenters. The van der Waals surface area contributed by atoms with E-state index in [0.29, 0.717) is 47.3 Å². The maximum Gasteiger partial charge on any atom is 0.264 e. The van der Waals surface area contributed by atoms with E-state index < -0.39 is 21.1 Å². The minimum atomic E-state index is -3.59. The van der Waals surface area contributed by atoms with Gasteiger partial charge in [0.1, 0.15) is 0 Å². The second-order valence-electron chi connectivity index (χ2n) is 11.0. The molecule has 0 saturated heterocycles. The van der Waals surface area contributed by atoms with E-state index in [4.69, 9.17) is 4.18 Å². The highest BCUT2D eigenvalue weighted by molar-refractivity contribution is 7.85. The molecule has 144 valence electrons. The highest BCUT2D eigenvalue weighted by Gasteiger charge is 2.96. The van der Waals surface area contributed by atoms with Crippen molar-refractivity contribution in [2.75, 3.05) is 12.9 Å².